The first-order valence-electron chi connectivity index (χ1n) is 6.77. The Morgan fingerprint density at radius 1 is 1.09 bits per heavy atom. The smallest absolute Gasteiger partial charge is 0.181 e. The molecule has 5 nitrogen and oxygen atoms in total. The molecular weight excluding hydrogens is 281 g/mol. The van der Waals surface area contributed by atoms with Crippen molar-refractivity contribution in [3.05, 3.63) is 71.9 Å². The average Bonchev–Trinajstić information content (AvgIpc) is 2.98. The summed E-state index contributed by atoms with van der Waals surface area (Å²) in [7, 11) is 0. The van der Waals surface area contributed by atoms with Gasteiger partial charge in [-0.15, -0.1) is 5.10 Å². The Bertz CT molecular complexity index is 792. The van der Waals surface area contributed by atoms with Gasteiger partial charge in [0.05, 0.1) is 5.69 Å². The van der Waals surface area contributed by atoms with Gasteiger partial charge in [0, 0.05) is 18.0 Å². The number of benzene rings is 2. The lowest BCUT2D eigenvalue weighted by molar-refractivity contribution is 0.626. The minimum absolute atomic E-state index is 0.296. The highest BCUT2D eigenvalue weighted by molar-refractivity contribution is 5.56. The third kappa shape index (κ3) is 3.01. The molecule has 1 N–H and O–H groups in total. The Balaban J connectivity index is 1.79. The van der Waals surface area contributed by atoms with Gasteiger partial charge in [0.25, 0.3) is 0 Å². The van der Waals surface area contributed by atoms with Crippen molar-refractivity contribution in [2.24, 2.45) is 0 Å². The SMILES string of the molecule is Cc1ccccc1N/C=C/c1nnnn1-c1ccc(F)cc1. The summed E-state index contributed by atoms with van der Waals surface area (Å²) in [5.74, 6) is 0.253. The molecule has 3 rings (SSSR count). The second kappa shape index (κ2) is 6.17. The van der Waals surface area contributed by atoms with Gasteiger partial charge in [-0.05, 0) is 53.2 Å². The Hall–Kier alpha value is -3.02. The van der Waals surface area contributed by atoms with E-state index in [4.69, 9.17) is 0 Å². The molecule has 0 spiro atoms. The first-order valence-corrected chi connectivity index (χ1v) is 6.77. The molecule has 0 amide bonds. The topological polar surface area (TPSA) is 55.6 Å². The number of halogens is 1. The molecule has 2 aromatic carbocycles. The molecule has 0 saturated carbocycles. The second-order valence-electron chi connectivity index (χ2n) is 4.72. The van der Waals surface area contributed by atoms with Crippen LogP contribution in [0.5, 0.6) is 0 Å². The Morgan fingerprint density at radius 3 is 2.64 bits per heavy atom. The molecule has 6 heteroatoms. The van der Waals surface area contributed by atoms with Crippen LogP contribution in [0.2, 0.25) is 0 Å². The van der Waals surface area contributed by atoms with Crippen molar-refractivity contribution in [1.29, 1.82) is 0 Å². The maximum Gasteiger partial charge on any atom is 0.181 e. The van der Waals surface area contributed by atoms with Crippen LogP contribution in [0.25, 0.3) is 11.8 Å². The van der Waals surface area contributed by atoms with Gasteiger partial charge in [0.15, 0.2) is 5.82 Å². The number of aromatic nitrogens is 4. The predicted octanol–water partition coefficient (Wildman–Crippen LogP) is 3.19. The molecule has 0 radical (unpaired) electrons. The third-order valence-corrected chi connectivity index (χ3v) is 3.18. The van der Waals surface area contributed by atoms with Gasteiger partial charge < -0.3 is 5.32 Å². The fourth-order valence-corrected chi connectivity index (χ4v) is 2.00. The average molecular weight is 295 g/mol. The molecule has 22 heavy (non-hydrogen) atoms. The highest BCUT2D eigenvalue weighted by Crippen LogP contribution is 2.14. The van der Waals surface area contributed by atoms with Crippen LogP contribution in [-0.2, 0) is 0 Å². The van der Waals surface area contributed by atoms with Crippen molar-refractivity contribution in [1.82, 2.24) is 20.2 Å². The summed E-state index contributed by atoms with van der Waals surface area (Å²) < 4.78 is 14.5. The van der Waals surface area contributed by atoms with Gasteiger partial charge in [0.2, 0.25) is 0 Å². The zero-order valence-corrected chi connectivity index (χ0v) is 11.9. The normalized spacial score (nSPS) is 11.0. The number of anilines is 1. The van der Waals surface area contributed by atoms with Crippen LogP contribution in [0.3, 0.4) is 0 Å². The molecule has 0 fully saturated rings. The number of hydrogen-bond acceptors (Lipinski definition) is 4. The summed E-state index contributed by atoms with van der Waals surface area (Å²) in [4.78, 5) is 0. The standard InChI is InChI=1S/C16H14FN5/c1-12-4-2-3-5-15(12)18-11-10-16-19-20-21-22(16)14-8-6-13(17)7-9-14/h2-11,18H,1H3/b11-10+. The van der Waals surface area contributed by atoms with Crippen LogP contribution in [0.4, 0.5) is 10.1 Å². The van der Waals surface area contributed by atoms with E-state index in [-0.39, 0.29) is 5.82 Å². The molecule has 0 unspecified atom stereocenters. The minimum atomic E-state index is -0.296. The second-order valence-corrected chi connectivity index (χ2v) is 4.72. The van der Waals surface area contributed by atoms with Gasteiger partial charge in [-0.2, -0.15) is 4.68 Å². The van der Waals surface area contributed by atoms with Crippen LogP contribution in [-0.4, -0.2) is 20.2 Å². The van der Waals surface area contributed by atoms with Crippen LogP contribution < -0.4 is 5.32 Å². The van der Waals surface area contributed by atoms with Crippen LogP contribution in [0, 0.1) is 12.7 Å². The maximum absolute atomic E-state index is 13.0. The number of hydrogen-bond donors (Lipinski definition) is 1. The van der Waals surface area contributed by atoms with E-state index in [0.29, 0.717) is 11.5 Å². The van der Waals surface area contributed by atoms with Crippen LogP contribution >= 0.6 is 0 Å². The maximum atomic E-state index is 13.0. The summed E-state index contributed by atoms with van der Waals surface area (Å²) >= 11 is 0. The number of nitrogens with zero attached hydrogens (tertiary/aromatic N) is 4. The summed E-state index contributed by atoms with van der Waals surface area (Å²) in [6.45, 7) is 2.03. The van der Waals surface area contributed by atoms with Gasteiger partial charge in [-0.1, -0.05) is 18.2 Å². The van der Waals surface area contributed by atoms with Crippen molar-refractivity contribution in [3.63, 3.8) is 0 Å². The summed E-state index contributed by atoms with van der Waals surface area (Å²) in [6, 6.07) is 14.0. The lowest BCUT2D eigenvalue weighted by Gasteiger charge is -2.04. The zero-order valence-electron chi connectivity index (χ0n) is 11.9. The Kier molecular flexibility index (Phi) is 3.91. The summed E-state index contributed by atoms with van der Waals surface area (Å²) in [5.41, 5.74) is 2.85. The van der Waals surface area contributed by atoms with Crippen molar-refractivity contribution in [2.75, 3.05) is 5.32 Å². The van der Waals surface area contributed by atoms with E-state index in [2.05, 4.69) is 20.8 Å². The molecule has 110 valence electrons. The number of tetrazole rings is 1. The van der Waals surface area contributed by atoms with Crippen molar-refractivity contribution in [3.8, 4) is 5.69 Å². The van der Waals surface area contributed by atoms with E-state index in [1.54, 1.807) is 24.4 Å². The van der Waals surface area contributed by atoms with Crippen LogP contribution in [0.1, 0.15) is 11.4 Å². The highest BCUT2D eigenvalue weighted by atomic mass is 19.1. The molecule has 0 aliphatic rings. The monoisotopic (exact) mass is 295 g/mol. The molecule has 0 atom stereocenters. The number of nitrogens with one attached hydrogen (secondary N) is 1. The molecule has 1 aromatic heterocycles. The first-order chi connectivity index (χ1) is 10.7. The lowest BCUT2D eigenvalue weighted by atomic mass is 10.2. The highest BCUT2D eigenvalue weighted by Gasteiger charge is 2.05. The fourth-order valence-electron chi connectivity index (χ4n) is 2.00. The van der Waals surface area contributed by atoms with E-state index >= 15 is 0 Å². The zero-order chi connectivity index (χ0) is 15.4. The third-order valence-electron chi connectivity index (χ3n) is 3.18. The molecule has 0 aliphatic carbocycles. The number of rotatable bonds is 4. The molecule has 0 saturated heterocycles. The van der Waals surface area contributed by atoms with E-state index in [1.165, 1.54) is 16.8 Å². The fraction of sp³-hybridized carbons (Fsp3) is 0.0625. The van der Waals surface area contributed by atoms with Gasteiger partial charge in [0.1, 0.15) is 5.82 Å². The summed E-state index contributed by atoms with van der Waals surface area (Å²) in [6.07, 6.45) is 3.53. The van der Waals surface area contributed by atoms with Crippen molar-refractivity contribution < 1.29 is 4.39 Å². The Morgan fingerprint density at radius 2 is 1.86 bits per heavy atom. The molecule has 3 aromatic rings. The number of para-hydroxylation sites is 1. The molecule has 0 bridgehead atoms. The Labute approximate surface area is 127 Å². The molecule has 1 heterocycles. The van der Waals surface area contributed by atoms with E-state index in [9.17, 15) is 4.39 Å². The molecular formula is C16H14FN5. The lowest BCUT2D eigenvalue weighted by Crippen LogP contribution is -2.00. The van der Waals surface area contributed by atoms with Crippen molar-refractivity contribution >= 4 is 11.8 Å². The first kappa shape index (κ1) is 13.9. The van der Waals surface area contributed by atoms with Crippen molar-refractivity contribution in [2.45, 2.75) is 6.92 Å². The number of aryl methyl sites for hydroxylation is 1. The molecule has 0 aliphatic heterocycles. The summed E-state index contributed by atoms with van der Waals surface area (Å²) in [5, 5.41) is 14.7. The predicted molar refractivity (Wildman–Crippen MR) is 82.9 cm³/mol. The van der Waals surface area contributed by atoms with Crippen LogP contribution in [0.15, 0.2) is 54.7 Å². The van der Waals surface area contributed by atoms with E-state index < -0.39 is 0 Å². The van der Waals surface area contributed by atoms with E-state index in [0.717, 1.165) is 11.3 Å². The van der Waals surface area contributed by atoms with Gasteiger partial charge in [-0.3, -0.25) is 0 Å². The van der Waals surface area contributed by atoms with Gasteiger partial charge >= 0.3 is 0 Å². The van der Waals surface area contributed by atoms with E-state index in [1.807, 2.05) is 31.2 Å². The van der Waals surface area contributed by atoms with Gasteiger partial charge in [-0.25, -0.2) is 4.39 Å². The minimum Gasteiger partial charge on any atom is -0.361 e. The largest absolute Gasteiger partial charge is 0.361 e. The quantitative estimate of drug-likeness (QED) is 0.803.